The van der Waals surface area contributed by atoms with Crippen LogP contribution in [0.3, 0.4) is 0 Å². The van der Waals surface area contributed by atoms with Crippen LogP contribution in [0.2, 0.25) is 0 Å². The minimum absolute atomic E-state index is 0.0200. The zero-order valence-corrected chi connectivity index (χ0v) is 20.4. The van der Waals surface area contributed by atoms with Gasteiger partial charge in [-0.15, -0.1) is 11.3 Å². The van der Waals surface area contributed by atoms with Crippen molar-refractivity contribution in [3.8, 4) is 10.6 Å². The number of fused-ring (bicyclic) bond motifs is 3. The minimum atomic E-state index is -4.73. The first-order valence-electron chi connectivity index (χ1n) is 11.1. The third-order valence-electron chi connectivity index (χ3n) is 6.92. The molecular formula is C21H23F4N5O3S2. The summed E-state index contributed by atoms with van der Waals surface area (Å²) < 4.78 is 80.4. The fourth-order valence-electron chi connectivity index (χ4n) is 5.13. The Balaban J connectivity index is 1.47. The van der Waals surface area contributed by atoms with Crippen LogP contribution in [0, 0.1) is 0 Å². The van der Waals surface area contributed by atoms with Gasteiger partial charge in [-0.25, -0.2) is 27.1 Å². The molecule has 1 unspecified atom stereocenters. The van der Waals surface area contributed by atoms with E-state index in [0.717, 1.165) is 17.6 Å². The van der Waals surface area contributed by atoms with E-state index in [2.05, 4.69) is 15.3 Å². The van der Waals surface area contributed by atoms with Crippen molar-refractivity contribution >= 4 is 33.2 Å². The molecule has 2 aromatic heterocycles. The Morgan fingerprint density at radius 1 is 1.26 bits per heavy atom. The smallest absolute Gasteiger partial charge is 0.351 e. The number of hydrogen-bond donors (Lipinski definition) is 1. The molecule has 2 aromatic rings. The predicted molar refractivity (Wildman–Crippen MR) is 121 cm³/mol. The molecule has 190 valence electrons. The molecule has 5 heterocycles. The lowest BCUT2D eigenvalue weighted by atomic mass is 9.97. The molecular weight excluding hydrogens is 510 g/mol. The summed E-state index contributed by atoms with van der Waals surface area (Å²) in [6, 6.07) is 1.17. The van der Waals surface area contributed by atoms with Gasteiger partial charge in [-0.1, -0.05) is 0 Å². The van der Waals surface area contributed by atoms with Crippen LogP contribution in [0.1, 0.15) is 46.5 Å². The summed E-state index contributed by atoms with van der Waals surface area (Å²) in [6.45, 7) is 0.199. The van der Waals surface area contributed by atoms with Gasteiger partial charge in [0.2, 0.25) is 16.0 Å². The van der Waals surface area contributed by atoms with E-state index < -0.39 is 34.0 Å². The van der Waals surface area contributed by atoms with Gasteiger partial charge in [-0.3, -0.25) is 4.79 Å². The average Bonchev–Trinajstić information content (AvgIpc) is 3.47. The normalized spacial score (nSPS) is 23.6. The molecule has 14 heteroatoms. The van der Waals surface area contributed by atoms with Crippen molar-refractivity contribution in [2.75, 3.05) is 37.9 Å². The maximum Gasteiger partial charge on any atom is 0.420 e. The molecule has 0 spiro atoms. The van der Waals surface area contributed by atoms with E-state index in [4.69, 9.17) is 0 Å². The van der Waals surface area contributed by atoms with Gasteiger partial charge < -0.3 is 10.2 Å². The van der Waals surface area contributed by atoms with Crippen LogP contribution >= 0.6 is 11.3 Å². The number of anilines is 1. The molecule has 0 radical (unpaired) electrons. The van der Waals surface area contributed by atoms with Crippen molar-refractivity contribution in [1.29, 1.82) is 0 Å². The summed E-state index contributed by atoms with van der Waals surface area (Å²) in [4.78, 5) is 22.9. The highest BCUT2D eigenvalue weighted by atomic mass is 32.2. The van der Waals surface area contributed by atoms with Crippen molar-refractivity contribution in [2.24, 2.45) is 0 Å². The van der Waals surface area contributed by atoms with Gasteiger partial charge in [0.25, 0.3) is 5.91 Å². The molecule has 2 saturated heterocycles. The number of thiophene rings is 1. The van der Waals surface area contributed by atoms with Crippen molar-refractivity contribution in [1.82, 2.24) is 19.2 Å². The number of nitrogens with one attached hydrogen (secondary N) is 1. The molecule has 35 heavy (non-hydrogen) atoms. The van der Waals surface area contributed by atoms with Gasteiger partial charge in [0.1, 0.15) is 17.8 Å². The highest BCUT2D eigenvalue weighted by molar-refractivity contribution is 7.88. The molecule has 0 aromatic carbocycles. The summed E-state index contributed by atoms with van der Waals surface area (Å²) in [5.41, 5.74) is -2.28. The number of nitrogens with zero attached hydrogens (tertiary/aromatic N) is 4. The Kier molecular flexibility index (Phi) is 5.83. The monoisotopic (exact) mass is 533 g/mol. The Bertz CT molecular complexity index is 1270. The zero-order chi connectivity index (χ0) is 25.2. The topological polar surface area (TPSA) is 95.5 Å². The van der Waals surface area contributed by atoms with Gasteiger partial charge in [0.15, 0.2) is 0 Å². The summed E-state index contributed by atoms with van der Waals surface area (Å²) in [5.74, 6) is -0.385. The van der Waals surface area contributed by atoms with Crippen LogP contribution in [-0.2, 0) is 21.7 Å². The summed E-state index contributed by atoms with van der Waals surface area (Å²) in [7, 11) is -3.31. The lowest BCUT2D eigenvalue weighted by molar-refractivity contribution is -0.137. The highest BCUT2D eigenvalue weighted by Gasteiger charge is 2.54. The van der Waals surface area contributed by atoms with Crippen LogP contribution in [-0.4, -0.2) is 72.1 Å². The zero-order valence-electron chi connectivity index (χ0n) is 18.7. The first kappa shape index (κ1) is 24.4. The van der Waals surface area contributed by atoms with E-state index in [1.807, 2.05) is 0 Å². The molecule has 0 bridgehead atoms. The third-order valence-corrected chi connectivity index (χ3v) is 9.56. The molecule has 1 N–H and O–H groups in total. The Morgan fingerprint density at radius 3 is 2.60 bits per heavy atom. The maximum absolute atomic E-state index is 14.2. The average molecular weight is 534 g/mol. The molecule has 1 amide bonds. The van der Waals surface area contributed by atoms with Gasteiger partial charge in [0, 0.05) is 36.8 Å². The number of rotatable bonds is 5. The SMILES string of the molecule is CS(=O)(=O)N1CCC(Nc2ncc(C(F)(F)F)c(-c3cc4c(s3)C3(CF)CCCN3C4=O)n2)CC1. The minimum Gasteiger partial charge on any atom is -0.351 e. The maximum atomic E-state index is 14.2. The second kappa shape index (κ2) is 8.37. The first-order valence-corrected chi connectivity index (χ1v) is 13.8. The molecule has 0 saturated carbocycles. The van der Waals surface area contributed by atoms with Crippen molar-refractivity contribution in [2.45, 2.75) is 43.4 Å². The number of piperidine rings is 1. The summed E-state index contributed by atoms with van der Waals surface area (Å²) in [5, 5.41) is 3.01. The van der Waals surface area contributed by atoms with Crippen molar-refractivity contribution < 1.29 is 30.8 Å². The predicted octanol–water partition coefficient (Wildman–Crippen LogP) is 3.47. The summed E-state index contributed by atoms with van der Waals surface area (Å²) in [6.07, 6.45) is -0.938. The van der Waals surface area contributed by atoms with Crippen molar-refractivity contribution in [3.63, 3.8) is 0 Å². The fraction of sp³-hybridized carbons (Fsp3) is 0.571. The van der Waals surface area contributed by atoms with E-state index in [1.165, 1.54) is 15.3 Å². The second-order valence-electron chi connectivity index (χ2n) is 9.11. The first-order chi connectivity index (χ1) is 16.4. The van der Waals surface area contributed by atoms with Crippen LogP contribution < -0.4 is 5.32 Å². The Morgan fingerprint density at radius 2 is 1.97 bits per heavy atom. The molecule has 3 aliphatic heterocycles. The fourth-order valence-corrected chi connectivity index (χ4v) is 7.36. The Hall–Kier alpha value is -2.32. The molecule has 5 rings (SSSR count). The van der Waals surface area contributed by atoms with E-state index in [9.17, 15) is 30.8 Å². The standard InChI is InChI=1S/C21H23F4N5O3S2/c1-35(32,33)29-7-3-12(4-8-29)27-19-26-10-14(21(23,24)25)16(28-19)15-9-13-17(34-15)20(11-22)5-2-6-30(20)18(13)31/h9-10,12H,2-8,11H2,1H3,(H,26,27,28). The lowest BCUT2D eigenvalue weighted by Crippen LogP contribution is -2.42. The summed E-state index contributed by atoms with van der Waals surface area (Å²) >= 11 is 0.973. The van der Waals surface area contributed by atoms with Gasteiger partial charge >= 0.3 is 6.18 Å². The van der Waals surface area contributed by atoms with Gasteiger partial charge in [-0.05, 0) is 31.7 Å². The molecule has 0 aliphatic carbocycles. The number of amides is 1. The number of carbonyl (C=O) groups excluding carboxylic acids is 1. The largest absolute Gasteiger partial charge is 0.420 e. The molecule has 2 fully saturated rings. The Labute approximate surface area is 203 Å². The van der Waals surface area contributed by atoms with Crippen LogP contribution in [0.25, 0.3) is 10.6 Å². The van der Waals surface area contributed by atoms with Gasteiger partial charge in [-0.2, -0.15) is 13.2 Å². The number of hydrogen-bond acceptors (Lipinski definition) is 7. The number of carbonyl (C=O) groups is 1. The molecule has 1 atom stereocenters. The second-order valence-corrected chi connectivity index (χ2v) is 12.1. The van der Waals surface area contributed by atoms with Crippen molar-refractivity contribution in [3.05, 3.63) is 28.3 Å². The highest BCUT2D eigenvalue weighted by Crippen LogP contribution is 2.52. The number of aromatic nitrogens is 2. The van der Waals surface area contributed by atoms with E-state index in [1.54, 1.807) is 0 Å². The third kappa shape index (κ3) is 4.08. The quantitative estimate of drug-likeness (QED) is 0.592. The molecule has 8 nitrogen and oxygen atoms in total. The van der Waals surface area contributed by atoms with Crippen LogP contribution in [0.4, 0.5) is 23.5 Å². The van der Waals surface area contributed by atoms with Gasteiger partial charge in [0.05, 0.1) is 22.4 Å². The number of sulfonamides is 1. The van der Waals surface area contributed by atoms with E-state index in [-0.39, 0.29) is 47.1 Å². The van der Waals surface area contributed by atoms with E-state index in [0.29, 0.717) is 43.3 Å². The van der Waals surface area contributed by atoms with Crippen LogP contribution in [0.15, 0.2) is 12.3 Å². The lowest BCUT2D eigenvalue weighted by Gasteiger charge is -2.30. The molecule has 3 aliphatic rings. The van der Waals surface area contributed by atoms with E-state index >= 15 is 0 Å². The van der Waals surface area contributed by atoms with Crippen LogP contribution in [0.5, 0.6) is 0 Å². The number of halogens is 4. The number of alkyl halides is 4.